The predicted octanol–water partition coefficient (Wildman–Crippen LogP) is 2.58. The number of hydrogen-bond donors (Lipinski definition) is 2. The number of pyridine rings is 1. The van der Waals surface area contributed by atoms with Gasteiger partial charge in [0.25, 0.3) is 0 Å². The second-order valence-corrected chi connectivity index (χ2v) is 7.32. The topological polar surface area (TPSA) is 106 Å². The molecule has 0 atom stereocenters. The van der Waals surface area contributed by atoms with Gasteiger partial charge < -0.3 is 15.8 Å². The number of anilines is 3. The molecule has 2 aromatic heterocycles. The molecule has 1 saturated heterocycles. The fraction of sp³-hybridized carbons (Fsp3) is 0.412. The molecule has 8 nitrogen and oxygen atoms in total. The lowest BCUT2D eigenvalue weighted by Crippen LogP contribution is -2.39. The van der Waals surface area contributed by atoms with E-state index in [1.165, 1.54) is 4.90 Å². The van der Waals surface area contributed by atoms with Crippen molar-refractivity contribution in [3.63, 3.8) is 0 Å². The van der Waals surface area contributed by atoms with Gasteiger partial charge in [-0.05, 0) is 19.3 Å². The molecule has 5 rings (SSSR count). The highest BCUT2D eigenvalue weighted by atomic mass is 35.5. The van der Waals surface area contributed by atoms with E-state index in [-0.39, 0.29) is 17.2 Å². The van der Waals surface area contributed by atoms with E-state index in [4.69, 9.17) is 22.1 Å². The summed E-state index contributed by atoms with van der Waals surface area (Å²) in [5.41, 5.74) is 8.38. The molecule has 3 N–H and O–H groups in total. The van der Waals surface area contributed by atoms with E-state index < -0.39 is 6.09 Å². The Morgan fingerprint density at radius 1 is 1.35 bits per heavy atom. The van der Waals surface area contributed by atoms with Crippen molar-refractivity contribution >= 4 is 35.3 Å². The Labute approximate surface area is 154 Å². The Bertz CT molecular complexity index is 930. The van der Waals surface area contributed by atoms with Gasteiger partial charge in [0.05, 0.1) is 17.3 Å². The number of rotatable bonds is 2. The highest BCUT2D eigenvalue weighted by Gasteiger charge is 2.51. The third-order valence-corrected chi connectivity index (χ3v) is 5.61. The molecule has 1 amide bonds. The van der Waals surface area contributed by atoms with Crippen LogP contribution >= 0.6 is 11.6 Å². The summed E-state index contributed by atoms with van der Waals surface area (Å²) >= 11 is 6.75. The average Bonchev–Trinajstić information content (AvgIpc) is 3.30. The number of nitrogens with zero attached hydrogens (tertiary/aromatic N) is 4. The monoisotopic (exact) mass is 372 g/mol. The van der Waals surface area contributed by atoms with Crippen LogP contribution in [-0.2, 0) is 10.2 Å². The minimum Gasteiger partial charge on any atom is -0.449 e. The molecule has 134 valence electrons. The van der Waals surface area contributed by atoms with Crippen molar-refractivity contribution in [3.8, 4) is 11.3 Å². The third kappa shape index (κ3) is 2.28. The quantitative estimate of drug-likeness (QED) is 0.834. The molecule has 0 unspecified atom stereocenters. The van der Waals surface area contributed by atoms with Gasteiger partial charge in [-0.1, -0.05) is 11.6 Å². The number of carbonyl (C=O) groups excluding carboxylic acids is 1. The van der Waals surface area contributed by atoms with Crippen LogP contribution in [0.25, 0.3) is 11.3 Å². The van der Waals surface area contributed by atoms with Crippen LogP contribution in [0.4, 0.5) is 22.4 Å². The van der Waals surface area contributed by atoms with Crippen molar-refractivity contribution in [3.05, 3.63) is 22.8 Å². The number of nitrogens with one attached hydrogen (secondary N) is 1. The molecule has 2 aromatic rings. The van der Waals surface area contributed by atoms with Gasteiger partial charge in [0.1, 0.15) is 11.6 Å². The van der Waals surface area contributed by atoms with Gasteiger partial charge in [0.2, 0.25) is 5.95 Å². The highest BCUT2D eigenvalue weighted by Crippen LogP contribution is 2.57. The fourth-order valence-electron chi connectivity index (χ4n) is 3.65. The van der Waals surface area contributed by atoms with Gasteiger partial charge in [-0.25, -0.2) is 19.7 Å². The van der Waals surface area contributed by atoms with Crippen molar-refractivity contribution in [1.82, 2.24) is 15.0 Å². The summed E-state index contributed by atoms with van der Waals surface area (Å²) < 4.78 is 5.07. The smallest absolute Gasteiger partial charge is 0.416 e. The number of carbonyl (C=O) groups is 1. The van der Waals surface area contributed by atoms with Crippen LogP contribution < -0.4 is 16.0 Å². The van der Waals surface area contributed by atoms with Gasteiger partial charge in [-0.2, -0.15) is 4.98 Å². The molecule has 0 radical (unpaired) electrons. The molecule has 0 bridgehead atoms. The molecule has 3 aliphatic rings. The van der Waals surface area contributed by atoms with E-state index >= 15 is 0 Å². The Morgan fingerprint density at radius 2 is 2.19 bits per heavy atom. The van der Waals surface area contributed by atoms with Crippen LogP contribution in [-0.4, -0.2) is 40.7 Å². The van der Waals surface area contributed by atoms with E-state index in [9.17, 15) is 4.79 Å². The Kier molecular flexibility index (Phi) is 3.27. The van der Waals surface area contributed by atoms with E-state index in [0.29, 0.717) is 35.9 Å². The first-order chi connectivity index (χ1) is 12.6. The van der Waals surface area contributed by atoms with Crippen molar-refractivity contribution in [1.29, 1.82) is 0 Å². The number of halogens is 1. The first-order valence-corrected chi connectivity index (χ1v) is 8.97. The zero-order chi connectivity index (χ0) is 17.9. The molecule has 1 aliphatic carbocycles. The van der Waals surface area contributed by atoms with Gasteiger partial charge in [0, 0.05) is 41.9 Å². The van der Waals surface area contributed by atoms with E-state index in [1.54, 1.807) is 12.3 Å². The van der Waals surface area contributed by atoms with E-state index in [1.807, 2.05) is 0 Å². The Balaban J connectivity index is 1.60. The average molecular weight is 373 g/mol. The molecular formula is C17H17ClN6O2. The number of ether oxygens (including phenoxy) is 1. The second kappa shape index (κ2) is 5.44. The Hall–Kier alpha value is -2.61. The van der Waals surface area contributed by atoms with Crippen LogP contribution in [0, 0.1) is 0 Å². The summed E-state index contributed by atoms with van der Waals surface area (Å²) in [6.07, 6.45) is 4.15. The summed E-state index contributed by atoms with van der Waals surface area (Å²) in [6, 6.07) is 1.65. The third-order valence-electron chi connectivity index (χ3n) is 5.22. The van der Waals surface area contributed by atoms with Crippen molar-refractivity contribution < 1.29 is 9.53 Å². The number of fused-ring (bicyclic) bond motifs is 2. The first kappa shape index (κ1) is 15.6. The number of aromatic nitrogens is 3. The number of hydrogen-bond acceptors (Lipinski definition) is 7. The minimum absolute atomic E-state index is 0.105. The zero-order valence-corrected chi connectivity index (χ0v) is 14.7. The molecular weight excluding hydrogens is 356 g/mol. The summed E-state index contributed by atoms with van der Waals surface area (Å²) in [6.45, 7) is 1.76. The largest absolute Gasteiger partial charge is 0.449 e. The van der Waals surface area contributed by atoms with Crippen LogP contribution in [0.2, 0.25) is 5.02 Å². The summed E-state index contributed by atoms with van der Waals surface area (Å²) in [7, 11) is 0. The molecule has 26 heavy (non-hydrogen) atoms. The van der Waals surface area contributed by atoms with Gasteiger partial charge in [-0.15, -0.1) is 0 Å². The van der Waals surface area contributed by atoms with E-state index in [0.717, 1.165) is 30.8 Å². The highest BCUT2D eigenvalue weighted by molar-refractivity contribution is 6.34. The number of cyclic esters (lactones) is 1. The standard InChI is InChI=1S/C17H17ClN6O2/c18-13-9(7-20-14-12(13)17(2-3-17)8-21-14)10-6-11(19)23-15(22-10)24-4-1-5-26-16(24)25/h6-7H,1-5,8H2,(H,20,21)(H2,19,22,23). The lowest BCUT2D eigenvalue weighted by Gasteiger charge is -2.24. The number of amides is 1. The molecule has 0 aromatic carbocycles. The SMILES string of the molecule is Nc1cc(-c2cnc3c(c2Cl)C2(CC2)CN3)nc(N2CCCOC2=O)n1. The van der Waals surface area contributed by atoms with E-state index in [2.05, 4.69) is 20.3 Å². The van der Waals surface area contributed by atoms with Gasteiger partial charge in [0.15, 0.2) is 0 Å². The number of nitrogen functional groups attached to an aromatic ring is 1. The van der Waals surface area contributed by atoms with Crippen LogP contribution in [0.1, 0.15) is 24.8 Å². The minimum atomic E-state index is -0.466. The lowest BCUT2D eigenvalue weighted by molar-refractivity contribution is 0.139. The summed E-state index contributed by atoms with van der Waals surface area (Å²) in [4.78, 5) is 26.6. The second-order valence-electron chi connectivity index (χ2n) is 6.94. The zero-order valence-electron chi connectivity index (χ0n) is 14.0. The fourth-order valence-corrected chi connectivity index (χ4v) is 4.08. The number of nitrogens with two attached hydrogens (primary N) is 1. The molecule has 4 heterocycles. The lowest BCUT2D eigenvalue weighted by atomic mass is 9.98. The molecule has 9 heteroatoms. The van der Waals surface area contributed by atoms with Crippen molar-refractivity contribution in [2.24, 2.45) is 0 Å². The van der Waals surface area contributed by atoms with Crippen molar-refractivity contribution in [2.75, 3.05) is 35.6 Å². The maximum atomic E-state index is 12.0. The van der Waals surface area contributed by atoms with Crippen LogP contribution in [0.3, 0.4) is 0 Å². The molecule has 2 aliphatic heterocycles. The van der Waals surface area contributed by atoms with Crippen LogP contribution in [0.5, 0.6) is 0 Å². The molecule has 1 saturated carbocycles. The predicted molar refractivity (Wildman–Crippen MR) is 97.4 cm³/mol. The molecule has 1 spiro atoms. The first-order valence-electron chi connectivity index (χ1n) is 8.59. The Morgan fingerprint density at radius 3 is 2.96 bits per heavy atom. The van der Waals surface area contributed by atoms with Gasteiger partial charge in [-0.3, -0.25) is 0 Å². The summed E-state index contributed by atoms with van der Waals surface area (Å²) in [5, 5.41) is 3.97. The molecule has 2 fully saturated rings. The summed E-state index contributed by atoms with van der Waals surface area (Å²) in [5.74, 6) is 1.33. The van der Waals surface area contributed by atoms with Crippen LogP contribution in [0.15, 0.2) is 12.3 Å². The maximum Gasteiger partial charge on any atom is 0.416 e. The van der Waals surface area contributed by atoms with Gasteiger partial charge >= 0.3 is 6.09 Å². The van der Waals surface area contributed by atoms with Crippen molar-refractivity contribution in [2.45, 2.75) is 24.7 Å². The maximum absolute atomic E-state index is 12.0. The normalized spacial score (nSPS) is 19.9.